The van der Waals surface area contributed by atoms with Gasteiger partial charge in [-0.05, 0) is 24.8 Å². The van der Waals surface area contributed by atoms with Crippen molar-refractivity contribution in [1.29, 1.82) is 0 Å². The second-order valence-electron chi connectivity index (χ2n) is 7.07. The first-order chi connectivity index (χ1) is 13.4. The van der Waals surface area contributed by atoms with Crippen molar-refractivity contribution in [3.05, 3.63) is 72.9 Å². The van der Waals surface area contributed by atoms with Crippen molar-refractivity contribution in [1.82, 2.24) is 14.6 Å². The van der Waals surface area contributed by atoms with Gasteiger partial charge in [-0.15, -0.1) is 0 Å². The Morgan fingerprint density at radius 2 is 1.41 bits per heavy atom. The van der Waals surface area contributed by atoms with E-state index in [2.05, 4.69) is 59.5 Å². The molecule has 0 amide bonds. The van der Waals surface area contributed by atoms with E-state index in [9.17, 15) is 0 Å². The average Bonchev–Trinajstić information content (AvgIpc) is 3.19. The first-order valence-electron chi connectivity index (χ1n) is 9.65. The molecule has 27 heavy (non-hydrogen) atoms. The van der Waals surface area contributed by atoms with Crippen molar-refractivity contribution >= 4 is 11.5 Å². The number of rotatable bonds is 3. The van der Waals surface area contributed by atoms with Crippen LogP contribution >= 0.6 is 0 Å². The van der Waals surface area contributed by atoms with E-state index >= 15 is 0 Å². The molecule has 1 aliphatic rings. The molecule has 4 aromatic rings. The highest BCUT2D eigenvalue weighted by atomic mass is 15.3. The van der Waals surface area contributed by atoms with Gasteiger partial charge in [0.1, 0.15) is 5.82 Å². The van der Waals surface area contributed by atoms with E-state index < -0.39 is 0 Å². The lowest BCUT2D eigenvalue weighted by atomic mass is 10.1. The molecule has 3 heterocycles. The van der Waals surface area contributed by atoms with Gasteiger partial charge in [0.15, 0.2) is 5.65 Å². The van der Waals surface area contributed by atoms with Crippen molar-refractivity contribution in [2.75, 3.05) is 18.0 Å². The number of anilines is 1. The Morgan fingerprint density at radius 3 is 2.11 bits per heavy atom. The van der Waals surface area contributed by atoms with E-state index in [1.54, 1.807) is 0 Å². The summed E-state index contributed by atoms with van der Waals surface area (Å²) in [5.41, 5.74) is 5.28. The highest BCUT2D eigenvalue weighted by Crippen LogP contribution is 2.31. The van der Waals surface area contributed by atoms with Gasteiger partial charge in [0.25, 0.3) is 0 Å². The quantitative estimate of drug-likeness (QED) is 0.516. The third-order valence-corrected chi connectivity index (χ3v) is 5.29. The standard InChI is InChI=1S/C23H22N4/c1-4-10-18(11-5-1)20-17-24-27-22(26-14-8-3-9-15-26)16-21(25-23(20)27)19-12-6-2-7-13-19/h1-2,4-7,10-13,16-17H,3,8-9,14-15H2. The summed E-state index contributed by atoms with van der Waals surface area (Å²) in [6.07, 6.45) is 5.72. The van der Waals surface area contributed by atoms with Crippen LogP contribution in [0.4, 0.5) is 5.82 Å². The largest absolute Gasteiger partial charge is 0.356 e. The molecule has 4 nitrogen and oxygen atoms in total. The predicted octanol–water partition coefficient (Wildman–Crippen LogP) is 5.05. The minimum Gasteiger partial charge on any atom is -0.356 e. The second kappa shape index (κ2) is 6.88. The molecule has 5 rings (SSSR count). The lowest BCUT2D eigenvalue weighted by Crippen LogP contribution is -2.31. The maximum atomic E-state index is 5.01. The van der Waals surface area contributed by atoms with Crippen molar-refractivity contribution in [2.24, 2.45) is 0 Å². The fraction of sp³-hybridized carbons (Fsp3) is 0.217. The topological polar surface area (TPSA) is 33.4 Å². The molecule has 0 radical (unpaired) electrons. The van der Waals surface area contributed by atoms with Crippen molar-refractivity contribution < 1.29 is 0 Å². The van der Waals surface area contributed by atoms with E-state index in [1.165, 1.54) is 19.3 Å². The van der Waals surface area contributed by atoms with Crippen LogP contribution in [0.25, 0.3) is 28.0 Å². The summed E-state index contributed by atoms with van der Waals surface area (Å²) in [4.78, 5) is 7.46. The summed E-state index contributed by atoms with van der Waals surface area (Å²) in [6, 6.07) is 23.0. The molecule has 4 heteroatoms. The number of piperidine rings is 1. The van der Waals surface area contributed by atoms with Gasteiger partial charge in [-0.25, -0.2) is 4.98 Å². The molecule has 0 bridgehead atoms. The summed E-state index contributed by atoms with van der Waals surface area (Å²) in [6.45, 7) is 2.15. The molecule has 1 aliphatic heterocycles. The number of benzene rings is 2. The van der Waals surface area contributed by atoms with Gasteiger partial charge < -0.3 is 4.90 Å². The molecule has 0 aliphatic carbocycles. The Labute approximate surface area is 159 Å². The lowest BCUT2D eigenvalue weighted by molar-refractivity contribution is 0.568. The SMILES string of the molecule is c1ccc(-c2cc(N3CCCCC3)n3ncc(-c4ccccc4)c3n2)cc1. The molecular formula is C23H22N4. The molecule has 1 saturated heterocycles. The molecule has 0 saturated carbocycles. The second-order valence-corrected chi connectivity index (χ2v) is 7.07. The zero-order valence-electron chi connectivity index (χ0n) is 15.3. The smallest absolute Gasteiger partial charge is 0.165 e. The molecule has 134 valence electrons. The Morgan fingerprint density at radius 1 is 0.741 bits per heavy atom. The molecule has 2 aromatic heterocycles. The number of hydrogen-bond acceptors (Lipinski definition) is 3. The van der Waals surface area contributed by atoms with Gasteiger partial charge >= 0.3 is 0 Å². The highest BCUT2D eigenvalue weighted by molar-refractivity contribution is 5.80. The van der Waals surface area contributed by atoms with Gasteiger partial charge in [-0.2, -0.15) is 9.61 Å². The van der Waals surface area contributed by atoms with E-state index in [-0.39, 0.29) is 0 Å². The fourth-order valence-electron chi connectivity index (χ4n) is 3.87. The van der Waals surface area contributed by atoms with Crippen LogP contribution in [0.1, 0.15) is 19.3 Å². The van der Waals surface area contributed by atoms with Gasteiger partial charge in [-0.1, -0.05) is 60.7 Å². The Balaban J connectivity index is 1.73. The summed E-state index contributed by atoms with van der Waals surface area (Å²) < 4.78 is 2.01. The van der Waals surface area contributed by atoms with E-state index in [0.29, 0.717) is 0 Å². The summed E-state index contributed by atoms with van der Waals surface area (Å²) in [5, 5.41) is 4.72. The zero-order chi connectivity index (χ0) is 18.1. The van der Waals surface area contributed by atoms with Crippen LogP contribution in [0.2, 0.25) is 0 Å². The molecule has 2 aromatic carbocycles. The monoisotopic (exact) mass is 354 g/mol. The minimum atomic E-state index is 0.920. The number of aromatic nitrogens is 3. The lowest BCUT2D eigenvalue weighted by Gasteiger charge is -2.29. The van der Waals surface area contributed by atoms with Crippen LogP contribution in [0.5, 0.6) is 0 Å². The average molecular weight is 354 g/mol. The number of hydrogen-bond donors (Lipinski definition) is 0. The third-order valence-electron chi connectivity index (χ3n) is 5.29. The molecule has 0 N–H and O–H groups in total. The maximum Gasteiger partial charge on any atom is 0.165 e. The van der Waals surface area contributed by atoms with Crippen LogP contribution in [-0.4, -0.2) is 27.7 Å². The van der Waals surface area contributed by atoms with E-state index in [4.69, 9.17) is 10.1 Å². The van der Waals surface area contributed by atoms with Crippen molar-refractivity contribution in [3.8, 4) is 22.4 Å². The highest BCUT2D eigenvalue weighted by Gasteiger charge is 2.19. The molecule has 1 fully saturated rings. The Bertz CT molecular complexity index is 1050. The Hall–Kier alpha value is -3.14. The van der Waals surface area contributed by atoms with Crippen LogP contribution in [0, 0.1) is 0 Å². The van der Waals surface area contributed by atoms with Gasteiger partial charge in [0.2, 0.25) is 0 Å². The fourth-order valence-corrected chi connectivity index (χ4v) is 3.87. The molecule has 0 spiro atoms. The van der Waals surface area contributed by atoms with Gasteiger partial charge in [0, 0.05) is 30.3 Å². The first-order valence-corrected chi connectivity index (χ1v) is 9.65. The van der Waals surface area contributed by atoms with Crippen LogP contribution in [0.3, 0.4) is 0 Å². The summed E-state index contributed by atoms with van der Waals surface area (Å²) in [7, 11) is 0. The predicted molar refractivity (Wildman–Crippen MR) is 110 cm³/mol. The van der Waals surface area contributed by atoms with Crippen LogP contribution in [0.15, 0.2) is 72.9 Å². The summed E-state index contributed by atoms with van der Waals surface area (Å²) in [5.74, 6) is 1.14. The minimum absolute atomic E-state index is 0.920. The number of nitrogens with zero attached hydrogens (tertiary/aromatic N) is 4. The first kappa shape index (κ1) is 16.1. The Kier molecular flexibility index (Phi) is 4.09. The van der Waals surface area contributed by atoms with E-state index in [1.807, 2.05) is 22.8 Å². The normalized spacial score (nSPS) is 14.6. The summed E-state index contributed by atoms with van der Waals surface area (Å²) >= 11 is 0. The maximum absolute atomic E-state index is 5.01. The van der Waals surface area contributed by atoms with Gasteiger partial charge in [0.05, 0.1) is 11.9 Å². The van der Waals surface area contributed by atoms with Crippen LogP contribution in [-0.2, 0) is 0 Å². The van der Waals surface area contributed by atoms with Crippen LogP contribution < -0.4 is 4.90 Å². The van der Waals surface area contributed by atoms with Crippen molar-refractivity contribution in [3.63, 3.8) is 0 Å². The molecule has 0 unspecified atom stereocenters. The molecular weight excluding hydrogens is 332 g/mol. The third kappa shape index (κ3) is 2.97. The zero-order valence-corrected chi connectivity index (χ0v) is 15.3. The van der Waals surface area contributed by atoms with Gasteiger partial charge in [-0.3, -0.25) is 0 Å². The van der Waals surface area contributed by atoms with Crippen molar-refractivity contribution in [2.45, 2.75) is 19.3 Å². The molecule has 0 atom stereocenters. The number of fused-ring (bicyclic) bond motifs is 1. The van der Waals surface area contributed by atoms with E-state index in [0.717, 1.165) is 46.9 Å².